The maximum atomic E-state index is 14.6. The average Bonchev–Trinajstić information content (AvgIpc) is 3.23. The third kappa shape index (κ3) is 4.08. The summed E-state index contributed by atoms with van der Waals surface area (Å²) in [7, 11) is 0. The summed E-state index contributed by atoms with van der Waals surface area (Å²) in [5.74, 6) is -1.09. The SMILES string of the molecule is CCOC(=O)c1ccc2nc(Cc3cc(F)c(Br)cc3F)n(C3COCC3(C)C)c2n1. The van der Waals surface area contributed by atoms with Crippen molar-refractivity contribution < 1.29 is 23.0 Å². The minimum absolute atomic E-state index is 0.0632. The van der Waals surface area contributed by atoms with Gasteiger partial charge in [-0.1, -0.05) is 13.8 Å². The summed E-state index contributed by atoms with van der Waals surface area (Å²) in [4.78, 5) is 21.4. The number of pyridine rings is 1. The predicted octanol–water partition coefficient (Wildman–Crippen LogP) is 4.84. The van der Waals surface area contributed by atoms with Gasteiger partial charge in [-0.25, -0.2) is 23.5 Å². The first-order chi connectivity index (χ1) is 14.7. The smallest absolute Gasteiger partial charge is 0.357 e. The van der Waals surface area contributed by atoms with Crippen molar-refractivity contribution >= 4 is 33.1 Å². The van der Waals surface area contributed by atoms with Gasteiger partial charge in [0.2, 0.25) is 0 Å². The van der Waals surface area contributed by atoms with Crippen molar-refractivity contribution in [3.8, 4) is 0 Å². The molecule has 1 aliphatic rings. The molecule has 6 nitrogen and oxygen atoms in total. The van der Waals surface area contributed by atoms with E-state index in [0.29, 0.717) is 30.2 Å². The summed E-state index contributed by atoms with van der Waals surface area (Å²) in [6.07, 6.45) is 0.0632. The van der Waals surface area contributed by atoms with E-state index in [-0.39, 0.29) is 40.2 Å². The molecule has 1 aromatic carbocycles. The topological polar surface area (TPSA) is 66.2 Å². The highest BCUT2D eigenvalue weighted by Crippen LogP contribution is 2.40. The quantitative estimate of drug-likeness (QED) is 0.375. The van der Waals surface area contributed by atoms with Crippen molar-refractivity contribution in [1.29, 1.82) is 0 Å². The van der Waals surface area contributed by atoms with E-state index in [2.05, 4.69) is 39.7 Å². The van der Waals surface area contributed by atoms with Crippen molar-refractivity contribution in [1.82, 2.24) is 14.5 Å². The molecule has 1 fully saturated rings. The van der Waals surface area contributed by atoms with Crippen LogP contribution in [0.25, 0.3) is 11.2 Å². The largest absolute Gasteiger partial charge is 0.461 e. The van der Waals surface area contributed by atoms with E-state index in [9.17, 15) is 13.6 Å². The molecule has 3 heterocycles. The van der Waals surface area contributed by atoms with Crippen LogP contribution in [0.1, 0.15) is 48.7 Å². The Labute approximate surface area is 186 Å². The van der Waals surface area contributed by atoms with Gasteiger partial charge < -0.3 is 14.0 Å². The lowest BCUT2D eigenvalue weighted by Crippen LogP contribution is -2.27. The third-order valence-electron chi connectivity index (χ3n) is 5.50. The Kier molecular flexibility index (Phi) is 5.83. The molecule has 0 saturated carbocycles. The first kappa shape index (κ1) is 21.8. The fraction of sp³-hybridized carbons (Fsp3) is 0.409. The molecule has 0 radical (unpaired) electrons. The van der Waals surface area contributed by atoms with Gasteiger partial charge in [0, 0.05) is 11.8 Å². The van der Waals surface area contributed by atoms with Crippen molar-refractivity contribution in [2.75, 3.05) is 19.8 Å². The van der Waals surface area contributed by atoms with Gasteiger partial charge in [0.05, 0.1) is 30.3 Å². The maximum absolute atomic E-state index is 14.6. The molecule has 1 aliphatic heterocycles. The highest BCUT2D eigenvalue weighted by molar-refractivity contribution is 9.10. The first-order valence-electron chi connectivity index (χ1n) is 9.97. The Balaban J connectivity index is 1.87. The van der Waals surface area contributed by atoms with E-state index < -0.39 is 17.6 Å². The fourth-order valence-corrected chi connectivity index (χ4v) is 4.16. The molecule has 164 valence electrons. The number of carbonyl (C=O) groups is 1. The van der Waals surface area contributed by atoms with Crippen LogP contribution in [0.5, 0.6) is 0 Å². The second kappa shape index (κ2) is 8.27. The zero-order valence-corrected chi connectivity index (χ0v) is 19.0. The van der Waals surface area contributed by atoms with Crippen LogP contribution < -0.4 is 0 Å². The lowest BCUT2D eigenvalue weighted by molar-refractivity contribution is 0.0520. The zero-order chi connectivity index (χ0) is 22.3. The Bertz CT molecular complexity index is 1160. The number of rotatable bonds is 5. The van der Waals surface area contributed by atoms with Gasteiger partial charge >= 0.3 is 5.97 Å². The summed E-state index contributed by atoms with van der Waals surface area (Å²) in [6, 6.07) is 5.38. The van der Waals surface area contributed by atoms with E-state index in [0.717, 1.165) is 12.1 Å². The molecule has 1 atom stereocenters. The van der Waals surface area contributed by atoms with Crippen LogP contribution in [0.3, 0.4) is 0 Å². The number of ether oxygens (including phenoxy) is 2. The first-order valence-corrected chi connectivity index (χ1v) is 10.8. The molecule has 4 rings (SSSR count). The number of esters is 1. The second-order valence-corrected chi connectivity index (χ2v) is 9.07. The van der Waals surface area contributed by atoms with Gasteiger partial charge in [-0.3, -0.25) is 0 Å². The zero-order valence-electron chi connectivity index (χ0n) is 17.4. The Morgan fingerprint density at radius 3 is 2.74 bits per heavy atom. The highest BCUT2D eigenvalue weighted by atomic mass is 79.9. The summed E-state index contributed by atoms with van der Waals surface area (Å²) in [5.41, 5.74) is 1.15. The number of fused-ring (bicyclic) bond motifs is 1. The molecule has 0 amide bonds. The van der Waals surface area contributed by atoms with E-state index in [1.54, 1.807) is 19.1 Å². The number of aromatic nitrogens is 3. The van der Waals surface area contributed by atoms with E-state index in [4.69, 9.17) is 9.47 Å². The summed E-state index contributed by atoms with van der Waals surface area (Å²) in [6.45, 7) is 7.05. The number of hydrogen-bond donors (Lipinski definition) is 0. The van der Waals surface area contributed by atoms with Crippen LogP contribution >= 0.6 is 15.9 Å². The van der Waals surface area contributed by atoms with Gasteiger partial charge in [-0.05, 0) is 52.7 Å². The summed E-state index contributed by atoms with van der Waals surface area (Å²) >= 11 is 3.01. The number of benzene rings is 1. The summed E-state index contributed by atoms with van der Waals surface area (Å²) < 4.78 is 41.4. The van der Waals surface area contributed by atoms with Crippen LogP contribution in [0.2, 0.25) is 0 Å². The van der Waals surface area contributed by atoms with Crippen molar-refractivity contribution in [2.45, 2.75) is 33.2 Å². The molecule has 0 aliphatic carbocycles. The van der Waals surface area contributed by atoms with Crippen LogP contribution in [0.15, 0.2) is 28.7 Å². The van der Waals surface area contributed by atoms with Gasteiger partial charge in [-0.15, -0.1) is 0 Å². The molecule has 2 aromatic heterocycles. The molecule has 0 spiro atoms. The Hall–Kier alpha value is -2.39. The fourth-order valence-electron chi connectivity index (χ4n) is 3.84. The van der Waals surface area contributed by atoms with E-state index in [1.807, 2.05) is 4.57 Å². The number of halogens is 3. The van der Waals surface area contributed by atoms with Crippen LogP contribution in [-0.2, 0) is 15.9 Å². The molecule has 1 saturated heterocycles. The van der Waals surface area contributed by atoms with Crippen molar-refractivity contribution in [2.24, 2.45) is 5.41 Å². The number of imidazole rings is 1. The monoisotopic (exact) mass is 493 g/mol. The van der Waals surface area contributed by atoms with Crippen LogP contribution in [-0.4, -0.2) is 40.3 Å². The van der Waals surface area contributed by atoms with Gasteiger partial charge in [0.25, 0.3) is 0 Å². The molecule has 9 heteroatoms. The number of hydrogen-bond acceptors (Lipinski definition) is 5. The van der Waals surface area contributed by atoms with Gasteiger partial charge in [-0.2, -0.15) is 0 Å². The molecular weight excluding hydrogens is 472 g/mol. The Morgan fingerprint density at radius 2 is 2.06 bits per heavy atom. The third-order valence-corrected chi connectivity index (χ3v) is 6.10. The normalized spacial score (nSPS) is 17.9. The van der Waals surface area contributed by atoms with Crippen LogP contribution in [0, 0.1) is 17.0 Å². The number of nitrogens with zero attached hydrogens (tertiary/aromatic N) is 3. The maximum Gasteiger partial charge on any atom is 0.357 e. The lowest BCUT2D eigenvalue weighted by Gasteiger charge is -2.27. The lowest BCUT2D eigenvalue weighted by atomic mass is 9.87. The minimum Gasteiger partial charge on any atom is -0.461 e. The van der Waals surface area contributed by atoms with E-state index in [1.165, 1.54) is 0 Å². The Morgan fingerprint density at radius 1 is 1.29 bits per heavy atom. The molecule has 31 heavy (non-hydrogen) atoms. The van der Waals surface area contributed by atoms with Crippen molar-refractivity contribution in [3.63, 3.8) is 0 Å². The van der Waals surface area contributed by atoms with Crippen molar-refractivity contribution in [3.05, 3.63) is 57.5 Å². The molecule has 1 unspecified atom stereocenters. The van der Waals surface area contributed by atoms with Gasteiger partial charge in [0.15, 0.2) is 11.3 Å². The summed E-state index contributed by atoms with van der Waals surface area (Å²) in [5, 5.41) is 0. The second-order valence-electron chi connectivity index (χ2n) is 8.21. The standard InChI is InChI=1S/C22H22BrF2N3O3/c1-4-31-21(29)17-6-5-16-20(27-17)28(18-10-30-11-22(18,2)3)19(26-16)8-12-7-15(25)13(23)9-14(12)24/h5-7,9,18H,4,8,10-11H2,1-3H3. The van der Waals surface area contributed by atoms with E-state index >= 15 is 0 Å². The molecular formula is C22H22BrF2N3O3. The van der Waals surface area contributed by atoms with Crippen LogP contribution in [0.4, 0.5) is 8.78 Å². The number of carbonyl (C=O) groups excluding carboxylic acids is 1. The van der Waals surface area contributed by atoms with Gasteiger partial charge in [0.1, 0.15) is 23.0 Å². The minimum atomic E-state index is -0.550. The average molecular weight is 494 g/mol. The highest BCUT2D eigenvalue weighted by Gasteiger charge is 2.39. The molecule has 0 bridgehead atoms. The predicted molar refractivity (Wildman–Crippen MR) is 114 cm³/mol. The molecule has 3 aromatic rings. The molecule has 0 N–H and O–H groups in total.